The summed E-state index contributed by atoms with van der Waals surface area (Å²) in [5.74, 6) is 1.29. The minimum absolute atomic E-state index is 0.381. The molecule has 146 valence electrons. The lowest BCUT2D eigenvalue weighted by molar-refractivity contribution is 0.278. The third-order valence-corrected chi connectivity index (χ3v) is 6.54. The highest BCUT2D eigenvalue weighted by atomic mass is 32.2. The van der Waals surface area contributed by atoms with Gasteiger partial charge in [0.15, 0.2) is 5.96 Å². The molecule has 1 aromatic rings. The van der Waals surface area contributed by atoms with E-state index in [1.54, 1.807) is 28.6 Å². The third-order valence-electron chi connectivity index (χ3n) is 4.63. The van der Waals surface area contributed by atoms with Crippen molar-refractivity contribution < 1.29 is 8.42 Å². The Morgan fingerprint density at radius 3 is 2.46 bits per heavy atom. The van der Waals surface area contributed by atoms with E-state index in [-0.39, 0.29) is 0 Å². The van der Waals surface area contributed by atoms with Crippen LogP contribution in [-0.2, 0) is 10.0 Å². The number of piperidine rings is 1. The Bertz CT molecular complexity index is 653. The molecule has 1 saturated heterocycles. The summed E-state index contributed by atoms with van der Waals surface area (Å²) in [5, 5.41) is 6.62. The van der Waals surface area contributed by atoms with Crippen molar-refractivity contribution >= 4 is 16.0 Å². The molecular weight excluding hydrogens is 348 g/mol. The van der Waals surface area contributed by atoms with Gasteiger partial charge in [0.2, 0.25) is 10.0 Å². The van der Waals surface area contributed by atoms with Crippen molar-refractivity contribution in [3.8, 4) is 0 Å². The van der Waals surface area contributed by atoms with Crippen molar-refractivity contribution in [1.29, 1.82) is 0 Å². The average molecular weight is 381 g/mol. The number of hydrogen-bond donors (Lipinski definition) is 2. The Labute approximate surface area is 158 Å². The van der Waals surface area contributed by atoms with Crippen LogP contribution in [-0.4, -0.2) is 51.4 Å². The van der Waals surface area contributed by atoms with Crippen LogP contribution in [0.1, 0.15) is 39.5 Å². The molecule has 0 aromatic heterocycles. The van der Waals surface area contributed by atoms with Crippen LogP contribution in [0, 0.1) is 5.92 Å². The fraction of sp³-hybridized carbons (Fsp3) is 0.632. The van der Waals surface area contributed by atoms with E-state index in [9.17, 15) is 8.42 Å². The number of nitrogens with one attached hydrogen (secondary N) is 2. The number of rotatable bonds is 8. The molecule has 0 amide bonds. The number of guanidine groups is 1. The van der Waals surface area contributed by atoms with Gasteiger partial charge >= 0.3 is 0 Å². The van der Waals surface area contributed by atoms with Crippen molar-refractivity contribution in [3.63, 3.8) is 0 Å². The standard InChI is InChI=1S/C19H32N4O2S/c1-3-5-13-21-19(20-4-2)22-16-17-11-14-23(15-12-17)26(24,25)18-9-7-6-8-10-18/h6-10,17H,3-5,11-16H2,1-2H3,(H2,20,21,22). The van der Waals surface area contributed by atoms with Gasteiger partial charge in [0.05, 0.1) is 4.90 Å². The van der Waals surface area contributed by atoms with Gasteiger partial charge in [-0.15, -0.1) is 0 Å². The number of benzene rings is 1. The molecular formula is C19H32N4O2S. The molecule has 0 bridgehead atoms. The quantitative estimate of drug-likeness (QED) is 0.413. The number of hydrogen-bond acceptors (Lipinski definition) is 3. The van der Waals surface area contributed by atoms with Crippen LogP contribution in [0.15, 0.2) is 40.2 Å². The highest BCUT2D eigenvalue weighted by Crippen LogP contribution is 2.23. The highest BCUT2D eigenvalue weighted by molar-refractivity contribution is 7.89. The van der Waals surface area contributed by atoms with E-state index >= 15 is 0 Å². The third kappa shape index (κ3) is 5.99. The Balaban J connectivity index is 1.86. The molecule has 2 rings (SSSR count). The lowest BCUT2D eigenvalue weighted by atomic mass is 9.98. The fourth-order valence-corrected chi connectivity index (χ4v) is 4.51. The van der Waals surface area contributed by atoms with E-state index in [0.29, 0.717) is 23.9 Å². The summed E-state index contributed by atoms with van der Waals surface area (Å²) in [4.78, 5) is 5.06. The maximum atomic E-state index is 12.7. The molecule has 0 unspecified atom stereocenters. The van der Waals surface area contributed by atoms with Crippen molar-refractivity contribution in [2.24, 2.45) is 10.9 Å². The Morgan fingerprint density at radius 2 is 1.85 bits per heavy atom. The fourth-order valence-electron chi connectivity index (χ4n) is 3.02. The van der Waals surface area contributed by atoms with E-state index in [4.69, 9.17) is 0 Å². The van der Waals surface area contributed by atoms with Crippen LogP contribution < -0.4 is 10.6 Å². The van der Waals surface area contributed by atoms with E-state index in [1.807, 2.05) is 6.07 Å². The molecule has 1 aliphatic heterocycles. The van der Waals surface area contributed by atoms with Crippen LogP contribution in [0.4, 0.5) is 0 Å². The van der Waals surface area contributed by atoms with E-state index < -0.39 is 10.0 Å². The number of aliphatic imine (C=N–C) groups is 1. The molecule has 0 spiro atoms. The lowest BCUT2D eigenvalue weighted by Crippen LogP contribution is -2.40. The number of unbranched alkanes of at least 4 members (excludes halogenated alkanes) is 1. The van der Waals surface area contributed by atoms with Gasteiger partial charge in [-0.1, -0.05) is 31.5 Å². The topological polar surface area (TPSA) is 73.8 Å². The van der Waals surface area contributed by atoms with Gasteiger partial charge in [0.25, 0.3) is 0 Å². The summed E-state index contributed by atoms with van der Waals surface area (Å²) in [6.07, 6.45) is 3.98. The maximum Gasteiger partial charge on any atom is 0.243 e. The van der Waals surface area contributed by atoms with Gasteiger partial charge in [0, 0.05) is 32.7 Å². The first-order chi connectivity index (χ1) is 12.6. The van der Waals surface area contributed by atoms with Gasteiger partial charge in [-0.2, -0.15) is 4.31 Å². The molecule has 0 aliphatic carbocycles. The van der Waals surface area contributed by atoms with Crippen LogP contribution in [0.5, 0.6) is 0 Å². The zero-order valence-electron chi connectivity index (χ0n) is 15.9. The first kappa shape index (κ1) is 20.7. The van der Waals surface area contributed by atoms with Gasteiger partial charge in [-0.05, 0) is 44.2 Å². The monoisotopic (exact) mass is 380 g/mol. The smallest absolute Gasteiger partial charge is 0.243 e. The molecule has 2 N–H and O–H groups in total. The Hall–Kier alpha value is -1.60. The highest BCUT2D eigenvalue weighted by Gasteiger charge is 2.29. The second-order valence-electron chi connectivity index (χ2n) is 6.66. The minimum atomic E-state index is -3.37. The number of sulfonamides is 1. The first-order valence-electron chi connectivity index (χ1n) is 9.65. The molecule has 0 saturated carbocycles. The average Bonchev–Trinajstić information content (AvgIpc) is 2.67. The molecule has 0 atom stereocenters. The van der Waals surface area contributed by atoms with Crippen molar-refractivity contribution in [3.05, 3.63) is 30.3 Å². The van der Waals surface area contributed by atoms with Gasteiger partial charge in [0.1, 0.15) is 0 Å². The second kappa shape index (κ2) is 10.5. The van der Waals surface area contributed by atoms with Crippen LogP contribution in [0.2, 0.25) is 0 Å². The maximum absolute atomic E-state index is 12.7. The molecule has 6 nitrogen and oxygen atoms in total. The summed E-state index contributed by atoms with van der Waals surface area (Å²) >= 11 is 0. The number of nitrogens with zero attached hydrogens (tertiary/aromatic N) is 2. The van der Waals surface area contributed by atoms with Crippen LogP contribution in [0.25, 0.3) is 0 Å². The van der Waals surface area contributed by atoms with E-state index in [0.717, 1.165) is 51.3 Å². The molecule has 1 heterocycles. The predicted molar refractivity (Wildman–Crippen MR) is 107 cm³/mol. The summed E-state index contributed by atoms with van der Waals surface area (Å²) in [6, 6.07) is 8.69. The summed E-state index contributed by atoms with van der Waals surface area (Å²) in [6.45, 7) is 7.86. The molecule has 0 radical (unpaired) electrons. The van der Waals surface area contributed by atoms with Crippen LogP contribution >= 0.6 is 0 Å². The van der Waals surface area contributed by atoms with Gasteiger partial charge in [-0.25, -0.2) is 8.42 Å². The molecule has 26 heavy (non-hydrogen) atoms. The molecule has 7 heteroatoms. The zero-order valence-corrected chi connectivity index (χ0v) is 16.8. The summed E-state index contributed by atoms with van der Waals surface area (Å²) < 4.78 is 26.9. The largest absolute Gasteiger partial charge is 0.357 e. The summed E-state index contributed by atoms with van der Waals surface area (Å²) in [5.41, 5.74) is 0. The zero-order chi connectivity index (χ0) is 18.8. The first-order valence-corrected chi connectivity index (χ1v) is 11.1. The SMILES string of the molecule is CCCCNC(=NCC1CCN(S(=O)(=O)c2ccccc2)CC1)NCC. The normalized spacial score (nSPS) is 17.2. The van der Waals surface area contributed by atoms with Gasteiger partial charge in [-0.3, -0.25) is 4.99 Å². The molecule has 1 aliphatic rings. The van der Waals surface area contributed by atoms with Crippen LogP contribution in [0.3, 0.4) is 0 Å². The second-order valence-corrected chi connectivity index (χ2v) is 8.60. The van der Waals surface area contributed by atoms with Crippen molar-refractivity contribution in [1.82, 2.24) is 14.9 Å². The summed E-state index contributed by atoms with van der Waals surface area (Å²) in [7, 11) is -3.37. The lowest BCUT2D eigenvalue weighted by Gasteiger charge is -2.30. The Kier molecular flexibility index (Phi) is 8.38. The molecule has 1 aromatic carbocycles. The van der Waals surface area contributed by atoms with E-state index in [2.05, 4.69) is 29.5 Å². The Morgan fingerprint density at radius 1 is 1.15 bits per heavy atom. The minimum Gasteiger partial charge on any atom is -0.357 e. The van der Waals surface area contributed by atoms with Gasteiger partial charge < -0.3 is 10.6 Å². The predicted octanol–water partition coefficient (Wildman–Crippen LogP) is 2.44. The van der Waals surface area contributed by atoms with Crippen molar-refractivity contribution in [2.45, 2.75) is 44.4 Å². The molecule has 1 fully saturated rings. The van der Waals surface area contributed by atoms with E-state index in [1.165, 1.54) is 0 Å². The van der Waals surface area contributed by atoms with Crippen molar-refractivity contribution in [2.75, 3.05) is 32.7 Å².